The average molecular weight is 385 g/mol. The van der Waals surface area contributed by atoms with Crippen LogP contribution < -0.4 is 5.32 Å². The van der Waals surface area contributed by atoms with E-state index >= 15 is 0 Å². The van der Waals surface area contributed by atoms with Gasteiger partial charge in [0.15, 0.2) is 0 Å². The molecule has 0 aliphatic carbocycles. The Kier molecular flexibility index (Phi) is 4.38. The molecule has 0 saturated carbocycles. The number of hydrogen-bond donors (Lipinski definition) is 2. The minimum atomic E-state index is -1.08. The molecule has 0 aliphatic rings. The van der Waals surface area contributed by atoms with E-state index in [1.165, 1.54) is 10.7 Å². The van der Waals surface area contributed by atoms with Crippen LogP contribution >= 0.6 is 22.6 Å². The molecule has 0 fully saturated rings. The Morgan fingerprint density at radius 3 is 2.80 bits per heavy atom. The molecule has 1 atom stereocenters. The van der Waals surface area contributed by atoms with Crippen molar-refractivity contribution in [2.45, 2.75) is 13.0 Å². The highest BCUT2D eigenvalue weighted by Gasteiger charge is 2.18. The number of nitrogens with one attached hydrogen (secondary N) is 1. The van der Waals surface area contributed by atoms with Gasteiger partial charge in [-0.1, -0.05) is 0 Å². The minimum Gasteiger partial charge on any atom is -0.478 e. The average Bonchev–Trinajstić information content (AvgIpc) is 2.93. The molecule has 7 heteroatoms. The van der Waals surface area contributed by atoms with Gasteiger partial charge in [0.2, 0.25) is 5.91 Å². The van der Waals surface area contributed by atoms with E-state index in [-0.39, 0.29) is 17.2 Å². The number of nitrogens with zero attached hydrogens (tertiary/aromatic N) is 2. The van der Waals surface area contributed by atoms with Crippen molar-refractivity contribution in [1.82, 2.24) is 9.78 Å². The number of carboxylic acids is 1. The fourth-order valence-corrected chi connectivity index (χ4v) is 2.16. The number of aromatic nitrogens is 2. The second-order valence-corrected chi connectivity index (χ2v) is 5.39. The molecular formula is C13H12IN3O3. The largest absolute Gasteiger partial charge is 0.478 e. The molecule has 0 aliphatic heterocycles. The van der Waals surface area contributed by atoms with Crippen LogP contribution in [-0.2, 0) is 4.79 Å². The minimum absolute atomic E-state index is 0.0675. The zero-order valence-electron chi connectivity index (χ0n) is 10.6. The standard InChI is InChI=1S/C13H12IN3O3/c1-8(17-6-2-5-15-17)12(18)16-11-4-3-9(14)7-10(11)13(19)20/h2-8H,1H3,(H,16,18)(H,19,20). The van der Waals surface area contributed by atoms with Crippen molar-refractivity contribution in [3.8, 4) is 0 Å². The molecule has 1 heterocycles. The summed E-state index contributed by atoms with van der Waals surface area (Å²) in [5.74, 6) is -1.40. The predicted octanol–water partition coefficient (Wildman–Crippen LogP) is 2.39. The van der Waals surface area contributed by atoms with Gasteiger partial charge < -0.3 is 10.4 Å². The number of anilines is 1. The van der Waals surface area contributed by atoms with E-state index < -0.39 is 12.0 Å². The Bertz CT molecular complexity index is 640. The number of carbonyl (C=O) groups is 2. The Balaban J connectivity index is 2.22. The van der Waals surface area contributed by atoms with Crippen LogP contribution in [0.5, 0.6) is 0 Å². The number of rotatable bonds is 4. The summed E-state index contributed by atoms with van der Waals surface area (Å²) in [6.07, 6.45) is 3.26. The highest BCUT2D eigenvalue weighted by atomic mass is 127. The summed E-state index contributed by atoms with van der Waals surface area (Å²) in [6, 6.07) is 6.03. The summed E-state index contributed by atoms with van der Waals surface area (Å²) in [5.41, 5.74) is 0.347. The maximum absolute atomic E-state index is 12.1. The molecule has 2 rings (SSSR count). The number of hydrogen-bond acceptors (Lipinski definition) is 3. The highest BCUT2D eigenvalue weighted by molar-refractivity contribution is 14.1. The molecule has 20 heavy (non-hydrogen) atoms. The van der Waals surface area contributed by atoms with Gasteiger partial charge in [-0.25, -0.2) is 4.79 Å². The van der Waals surface area contributed by atoms with E-state index in [4.69, 9.17) is 5.11 Å². The molecule has 104 valence electrons. The van der Waals surface area contributed by atoms with Gasteiger partial charge in [0.05, 0.1) is 11.3 Å². The molecule has 0 radical (unpaired) electrons. The third-order valence-electron chi connectivity index (χ3n) is 2.77. The van der Waals surface area contributed by atoms with Crippen LogP contribution in [0.1, 0.15) is 23.3 Å². The Morgan fingerprint density at radius 2 is 2.20 bits per heavy atom. The lowest BCUT2D eigenvalue weighted by atomic mass is 10.1. The zero-order chi connectivity index (χ0) is 14.7. The molecule has 0 saturated heterocycles. The second-order valence-electron chi connectivity index (χ2n) is 4.15. The number of halogens is 1. The van der Waals surface area contributed by atoms with Crippen molar-refractivity contribution in [2.75, 3.05) is 5.32 Å². The van der Waals surface area contributed by atoms with Crippen LogP contribution in [0.2, 0.25) is 0 Å². The smallest absolute Gasteiger partial charge is 0.337 e. The third-order valence-corrected chi connectivity index (χ3v) is 3.44. The van der Waals surface area contributed by atoms with E-state index in [9.17, 15) is 9.59 Å². The second kappa shape index (κ2) is 6.04. The first kappa shape index (κ1) is 14.5. The number of amides is 1. The summed E-state index contributed by atoms with van der Waals surface area (Å²) in [5, 5.41) is 15.8. The van der Waals surface area contributed by atoms with E-state index in [1.807, 2.05) is 22.6 Å². The van der Waals surface area contributed by atoms with Gasteiger partial charge in [-0.2, -0.15) is 5.10 Å². The van der Waals surface area contributed by atoms with Gasteiger partial charge in [-0.3, -0.25) is 9.48 Å². The van der Waals surface area contributed by atoms with Gasteiger partial charge in [-0.15, -0.1) is 0 Å². The van der Waals surface area contributed by atoms with Gasteiger partial charge >= 0.3 is 5.97 Å². The molecule has 0 bridgehead atoms. The normalized spacial score (nSPS) is 11.9. The number of aromatic carboxylic acids is 1. The first-order chi connectivity index (χ1) is 9.49. The molecule has 1 aromatic heterocycles. The monoisotopic (exact) mass is 385 g/mol. The first-order valence-corrected chi connectivity index (χ1v) is 6.89. The molecule has 0 spiro atoms. The van der Waals surface area contributed by atoms with Crippen molar-refractivity contribution in [3.05, 3.63) is 45.8 Å². The lowest BCUT2D eigenvalue weighted by Gasteiger charge is -2.14. The van der Waals surface area contributed by atoms with Crippen LogP contribution in [0.3, 0.4) is 0 Å². The molecule has 2 N–H and O–H groups in total. The highest BCUT2D eigenvalue weighted by Crippen LogP contribution is 2.20. The molecule has 6 nitrogen and oxygen atoms in total. The summed E-state index contributed by atoms with van der Waals surface area (Å²) >= 11 is 2.02. The summed E-state index contributed by atoms with van der Waals surface area (Å²) in [4.78, 5) is 23.3. The predicted molar refractivity (Wildman–Crippen MR) is 81.7 cm³/mol. The Labute approximate surface area is 128 Å². The van der Waals surface area contributed by atoms with Gasteiger partial charge in [0, 0.05) is 16.0 Å². The van der Waals surface area contributed by atoms with E-state index in [2.05, 4.69) is 10.4 Å². The van der Waals surface area contributed by atoms with E-state index in [0.717, 1.165) is 3.57 Å². The zero-order valence-corrected chi connectivity index (χ0v) is 12.7. The van der Waals surface area contributed by atoms with Crippen LogP contribution in [0, 0.1) is 3.57 Å². The maximum atomic E-state index is 12.1. The van der Waals surface area contributed by atoms with Crippen molar-refractivity contribution in [3.63, 3.8) is 0 Å². The van der Waals surface area contributed by atoms with Crippen LogP contribution in [0.15, 0.2) is 36.7 Å². The van der Waals surface area contributed by atoms with E-state index in [0.29, 0.717) is 0 Å². The molecule has 1 aromatic carbocycles. The molecular weight excluding hydrogens is 373 g/mol. The van der Waals surface area contributed by atoms with Crippen LogP contribution in [-0.4, -0.2) is 26.8 Å². The van der Waals surface area contributed by atoms with Gasteiger partial charge in [-0.05, 0) is 53.8 Å². The lowest BCUT2D eigenvalue weighted by molar-refractivity contribution is -0.119. The van der Waals surface area contributed by atoms with Crippen LogP contribution in [0.25, 0.3) is 0 Å². The quantitative estimate of drug-likeness (QED) is 0.792. The van der Waals surface area contributed by atoms with Crippen molar-refractivity contribution in [2.24, 2.45) is 0 Å². The van der Waals surface area contributed by atoms with Gasteiger partial charge in [0.25, 0.3) is 0 Å². The Hall–Kier alpha value is -1.90. The molecule has 1 amide bonds. The van der Waals surface area contributed by atoms with E-state index in [1.54, 1.807) is 37.5 Å². The lowest BCUT2D eigenvalue weighted by Crippen LogP contribution is -2.25. The summed E-state index contributed by atoms with van der Waals surface area (Å²) in [6.45, 7) is 1.69. The first-order valence-electron chi connectivity index (χ1n) is 5.82. The summed E-state index contributed by atoms with van der Waals surface area (Å²) in [7, 11) is 0. The fraction of sp³-hybridized carbons (Fsp3) is 0.154. The maximum Gasteiger partial charge on any atom is 0.337 e. The number of benzene rings is 1. The van der Waals surface area contributed by atoms with Crippen molar-refractivity contribution in [1.29, 1.82) is 0 Å². The third kappa shape index (κ3) is 3.16. The van der Waals surface area contributed by atoms with Gasteiger partial charge in [0.1, 0.15) is 6.04 Å². The summed E-state index contributed by atoms with van der Waals surface area (Å²) < 4.78 is 2.29. The Morgan fingerprint density at radius 1 is 1.45 bits per heavy atom. The molecule has 1 unspecified atom stereocenters. The topological polar surface area (TPSA) is 84.2 Å². The number of carbonyl (C=O) groups excluding carboxylic acids is 1. The van der Waals surface area contributed by atoms with Crippen molar-refractivity contribution < 1.29 is 14.7 Å². The molecule has 2 aromatic rings. The van der Waals surface area contributed by atoms with Crippen molar-refractivity contribution >= 4 is 40.2 Å². The SMILES string of the molecule is CC(C(=O)Nc1ccc(I)cc1C(=O)O)n1cccn1. The van der Waals surface area contributed by atoms with Crippen LogP contribution in [0.4, 0.5) is 5.69 Å². The number of carboxylic acid groups (broad SMARTS) is 1. The fourth-order valence-electron chi connectivity index (χ4n) is 1.67.